The number of halogens is 1. The van der Waals surface area contributed by atoms with Crippen molar-refractivity contribution < 1.29 is 4.74 Å². The first kappa shape index (κ1) is 15.4. The Bertz CT molecular complexity index is 575. The third-order valence-electron chi connectivity index (χ3n) is 3.22. The third kappa shape index (κ3) is 2.86. The monoisotopic (exact) mass is 314 g/mol. The first-order chi connectivity index (χ1) is 9.76. The Morgan fingerprint density at radius 3 is 2.85 bits per heavy atom. The number of methoxy groups -OCH3 is 1. The van der Waals surface area contributed by atoms with E-state index < -0.39 is 0 Å². The fourth-order valence-electron chi connectivity index (χ4n) is 2.29. The summed E-state index contributed by atoms with van der Waals surface area (Å²) in [7, 11) is 1.60. The molecule has 0 spiro atoms. The molecular formula is C13H19ClN4OS. The van der Waals surface area contributed by atoms with E-state index in [1.165, 1.54) is 6.33 Å². The van der Waals surface area contributed by atoms with E-state index in [0.29, 0.717) is 24.2 Å². The van der Waals surface area contributed by atoms with Crippen LogP contribution in [0.1, 0.15) is 25.2 Å². The Morgan fingerprint density at radius 2 is 2.25 bits per heavy atom. The van der Waals surface area contributed by atoms with Crippen LogP contribution in [0.4, 0.5) is 0 Å². The number of nitrogens with zero attached hydrogens (tertiary/aromatic N) is 4. The summed E-state index contributed by atoms with van der Waals surface area (Å²) in [4.78, 5) is 13.2. The molecule has 2 aromatic rings. The SMILES string of the molecule is CCC(CSC)n1c(CCCl)nc2c(OC)ncnc21. The first-order valence-electron chi connectivity index (χ1n) is 6.57. The van der Waals surface area contributed by atoms with E-state index >= 15 is 0 Å². The van der Waals surface area contributed by atoms with Gasteiger partial charge < -0.3 is 9.30 Å². The normalized spacial score (nSPS) is 12.8. The van der Waals surface area contributed by atoms with E-state index in [2.05, 4.69) is 32.7 Å². The van der Waals surface area contributed by atoms with Crippen LogP contribution >= 0.6 is 23.4 Å². The van der Waals surface area contributed by atoms with Gasteiger partial charge >= 0.3 is 0 Å². The Kier molecular flexibility index (Phi) is 5.48. The predicted molar refractivity (Wildman–Crippen MR) is 84.0 cm³/mol. The van der Waals surface area contributed by atoms with E-state index in [-0.39, 0.29) is 0 Å². The van der Waals surface area contributed by atoms with E-state index in [0.717, 1.165) is 29.2 Å². The number of thioether (sulfide) groups is 1. The highest BCUT2D eigenvalue weighted by atomic mass is 35.5. The Hall–Kier alpha value is -1.01. The van der Waals surface area contributed by atoms with E-state index in [9.17, 15) is 0 Å². The van der Waals surface area contributed by atoms with Gasteiger partial charge in [0, 0.05) is 24.1 Å². The number of aryl methyl sites for hydroxylation is 1. The zero-order chi connectivity index (χ0) is 14.5. The molecule has 1 atom stereocenters. The molecule has 2 rings (SSSR count). The maximum atomic E-state index is 5.91. The second kappa shape index (κ2) is 7.13. The Labute approximate surface area is 128 Å². The summed E-state index contributed by atoms with van der Waals surface area (Å²) in [5, 5.41) is 0. The number of imidazole rings is 1. The molecule has 0 saturated carbocycles. The summed E-state index contributed by atoms with van der Waals surface area (Å²) < 4.78 is 7.48. The molecule has 7 heteroatoms. The van der Waals surface area contributed by atoms with Crippen LogP contribution in [0, 0.1) is 0 Å². The minimum atomic E-state index is 0.354. The quantitative estimate of drug-likeness (QED) is 0.735. The zero-order valence-electron chi connectivity index (χ0n) is 12.0. The standard InChI is InChI=1S/C13H19ClN4OS/c1-4-9(7-20-3)18-10(5-6-14)17-11-12(18)15-8-16-13(11)19-2/h8-9H,4-7H2,1-3H3. The predicted octanol–water partition coefficient (Wildman–Crippen LogP) is 2.93. The van der Waals surface area contributed by atoms with Crippen LogP contribution in [0.2, 0.25) is 0 Å². The van der Waals surface area contributed by atoms with Crippen LogP contribution in [-0.2, 0) is 6.42 Å². The second-order valence-electron chi connectivity index (χ2n) is 4.41. The van der Waals surface area contributed by atoms with E-state index in [4.69, 9.17) is 16.3 Å². The number of hydrogen-bond donors (Lipinski definition) is 0. The molecule has 5 nitrogen and oxygen atoms in total. The highest BCUT2D eigenvalue weighted by Gasteiger charge is 2.21. The molecule has 0 bridgehead atoms. The second-order valence-corrected chi connectivity index (χ2v) is 5.70. The largest absolute Gasteiger partial charge is 0.479 e. The summed E-state index contributed by atoms with van der Waals surface area (Å²) >= 11 is 7.73. The molecule has 0 aliphatic heterocycles. The minimum absolute atomic E-state index is 0.354. The van der Waals surface area contributed by atoms with Gasteiger partial charge in [0.25, 0.3) is 0 Å². The number of aromatic nitrogens is 4. The van der Waals surface area contributed by atoms with Crippen molar-refractivity contribution in [2.75, 3.05) is 25.0 Å². The van der Waals surface area contributed by atoms with Gasteiger partial charge in [0.05, 0.1) is 7.11 Å². The summed E-state index contributed by atoms with van der Waals surface area (Å²) in [5.41, 5.74) is 1.55. The van der Waals surface area contributed by atoms with Gasteiger partial charge in [-0.15, -0.1) is 11.6 Å². The lowest BCUT2D eigenvalue weighted by Crippen LogP contribution is -2.15. The molecule has 0 radical (unpaired) electrons. The molecule has 0 aliphatic rings. The van der Waals surface area contributed by atoms with Gasteiger partial charge in [-0.3, -0.25) is 0 Å². The molecule has 2 heterocycles. The topological polar surface area (TPSA) is 52.8 Å². The summed E-state index contributed by atoms with van der Waals surface area (Å²) in [5.74, 6) is 3.02. The van der Waals surface area contributed by atoms with Gasteiger partial charge in [-0.1, -0.05) is 6.92 Å². The van der Waals surface area contributed by atoms with Gasteiger partial charge in [0.2, 0.25) is 5.88 Å². The van der Waals surface area contributed by atoms with Gasteiger partial charge in [0.1, 0.15) is 12.2 Å². The Balaban J connectivity index is 2.61. The number of rotatable bonds is 7. The third-order valence-corrected chi connectivity index (χ3v) is 4.13. The van der Waals surface area contributed by atoms with Crippen molar-refractivity contribution in [3.63, 3.8) is 0 Å². The van der Waals surface area contributed by atoms with Crippen molar-refractivity contribution in [1.82, 2.24) is 19.5 Å². The van der Waals surface area contributed by atoms with Gasteiger partial charge in [-0.05, 0) is 12.7 Å². The molecular weight excluding hydrogens is 296 g/mol. The van der Waals surface area contributed by atoms with Crippen LogP contribution in [0.5, 0.6) is 5.88 Å². The molecule has 0 amide bonds. The molecule has 0 fully saturated rings. The fraction of sp³-hybridized carbons (Fsp3) is 0.615. The molecule has 0 N–H and O–H groups in total. The molecule has 0 saturated heterocycles. The number of ether oxygens (including phenoxy) is 1. The van der Waals surface area contributed by atoms with Crippen molar-refractivity contribution in [3.8, 4) is 5.88 Å². The van der Waals surface area contributed by atoms with Crippen LogP contribution < -0.4 is 4.74 Å². The summed E-state index contributed by atoms with van der Waals surface area (Å²) in [6.07, 6.45) is 5.37. The maximum absolute atomic E-state index is 5.91. The van der Waals surface area contributed by atoms with Crippen molar-refractivity contribution in [3.05, 3.63) is 12.2 Å². The van der Waals surface area contributed by atoms with Crippen molar-refractivity contribution in [1.29, 1.82) is 0 Å². The number of hydrogen-bond acceptors (Lipinski definition) is 5. The highest BCUT2D eigenvalue weighted by Crippen LogP contribution is 2.28. The fourth-order valence-corrected chi connectivity index (χ4v) is 3.23. The summed E-state index contributed by atoms with van der Waals surface area (Å²) in [6, 6.07) is 0.354. The molecule has 2 aromatic heterocycles. The molecule has 0 aliphatic carbocycles. The lowest BCUT2D eigenvalue weighted by atomic mass is 10.2. The maximum Gasteiger partial charge on any atom is 0.245 e. The molecule has 20 heavy (non-hydrogen) atoms. The van der Waals surface area contributed by atoms with Crippen LogP contribution in [0.25, 0.3) is 11.2 Å². The van der Waals surface area contributed by atoms with Crippen molar-refractivity contribution in [2.24, 2.45) is 0 Å². The smallest absolute Gasteiger partial charge is 0.245 e. The molecule has 110 valence electrons. The van der Waals surface area contributed by atoms with Crippen LogP contribution in [0.3, 0.4) is 0 Å². The number of fused-ring (bicyclic) bond motifs is 1. The van der Waals surface area contributed by atoms with Crippen LogP contribution in [0.15, 0.2) is 6.33 Å². The van der Waals surface area contributed by atoms with E-state index in [1.54, 1.807) is 7.11 Å². The summed E-state index contributed by atoms with van der Waals surface area (Å²) in [6.45, 7) is 2.18. The molecule has 1 unspecified atom stereocenters. The average molecular weight is 315 g/mol. The first-order valence-corrected chi connectivity index (χ1v) is 8.50. The van der Waals surface area contributed by atoms with Crippen LogP contribution in [-0.4, -0.2) is 44.5 Å². The van der Waals surface area contributed by atoms with Gasteiger partial charge in [-0.2, -0.15) is 16.7 Å². The lowest BCUT2D eigenvalue weighted by Gasteiger charge is -2.18. The minimum Gasteiger partial charge on any atom is -0.479 e. The van der Waals surface area contributed by atoms with Crippen molar-refractivity contribution in [2.45, 2.75) is 25.8 Å². The number of alkyl halides is 1. The Morgan fingerprint density at radius 1 is 1.45 bits per heavy atom. The zero-order valence-corrected chi connectivity index (χ0v) is 13.5. The average Bonchev–Trinajstić information content (AvgIpc) is 2.83. The van der Waals surface area contributed by atoms with Crippen molar-refractivity contribution >= 4 is 34.5 Å². The van der Waals surface area contributed by atoms with E-state index in [1.807, 2.05) is 11.8 Å². The van der Waals surface area contributed by atoms with Gasteiger partial charge in [-0.25, -0.2) is 9.97 Å². The molecule has 0 aromatic carbocycles. The highest BCUT2D eigenvalue weighted by molar-refractivity contribution is 7.98. The van der Waals surface area contributed by atoms with Gasteiger partial charge in [0.15, 0.2) is 11.2 Å². The lowest BCUT2D eigenvalue weighted by molar-refractivity contribution is 0.401.